The van der Waals surface area contributed by atoms with Crippen LogP contribution in [0.4, 0.5) is 5.82 Å². The summed E-state index contributed by atoms with van der Waals surface area (Å²) < 4.78 is 11.1. The highest BCUT2D eigenvalue weighted by Crippen LogP contribution is 2.30. The lowest BCUT2D eigenvalue weighted by Crippen LogP contribution is -2.18. The van der Waals surface area contributed by atoms with Gasteiger partial charge >= 0.3 is 0 Å². The van der Waals surface area contributed by atoms with Crippen molar-refractivity contribution in [1.82, 2.24) is 9.97 Å². The second-order valence-electron chi connectivity index (χ2n) is 5.45. The second-order valence-corrected chi connectivity index (χ2v) is 5.45. The number of ether oxygens (including phenoxy) is 2. The Labute approximate surface area is 157 Å². The van der Waals surface area contributed by atoms with Gasteiger partial charge in [-0.25, -0.2) is 15.0 Å². The molecule has 2 aromatic rings. The van der Waals surface area contributed by atoms with Crippen LogP contribution in [0.1, 0.15) is 24.1 Å². The predicted molar refractivity (Wildman–Crippen MR) is 102 cm³/mol. The van der Waals surface area contributed by atoms with Crippen LogP contribution in [0.2, 0.25) is 0 Å². The van der Waals surface area contributed by atoms with E-state index in [9.17, 15) is 0 Å². The van der Waals surface area contributed by atoms with Crippen molar-refractivity contribution in [1.29, 1.82) is 10.7 Å². The summed E-state index contributed by atoms with van der Waals surface area (Å²) in [5, 5.41) is 17.2. The maximum atomic E-state index is 8.74. The minimum absolute atomic E-state index is 0.0648. The molecule has 5 N–H and O–H groups in total. The third-order valence-corrected chi connectivity index (χ3v) is 3.48. The number of nitriles is 1. The number of nitrogens with one attached hydrogen (secondary N) is 1. The molecular weight excluding hydrogens is 346 g/mol. The first-order chi connectivity index (χ1) is 13.1. The van der Waals surface area contributed by atoms with Gasteiger partial charge in [0, 0.05) is 6.42 Å². The average molecular weight is 367 g/mol. The van der Waals surface area contributed by atoms with Gasteiger partial charge in [0.05, 0.1) is 37.4 Å². The van der Waals surface area contributed by atoms with Crippen LogP contribution in [0.5, 0.6) is 11.5 Å². The van der Waals surface area contributed by atoms with Crippen molar-refractivity contribution in [2.45, 2.75) is 12.8 Å². The van der Waals surface area contributed by atoms with E-state index in [4.69, 9.17) is 31.6 Å². The third kappa shape index (κ3) is 5.49. The molecule has 1 heterocycles. The van der Waals surface area contributed by atoms with E-state index in [1.165, 1.54) is 19.5 Å². The first-order valence-electron chi connectivity index (χ1n) is 8.22. The topological polar surface area (TPSA) is 156 Å². The van der Waals surface area contributed by atoms with E-state index in [1.807, 2.05) is 6.07 Å². The van der Waals surface area contributed by atoms with Crippen molar-refractivity contribution in [3.8, 4) is 17.6 Å². The third-order valence-electron chi connectivity index (χ3n) is 3.48. The number of aliphatic imine (C=N–C) groups is 1. The van der Waals surface area contributed by atoms with E-state index < -0.39 is 0 Å². The fourth-order valence-electron chi connectivity index (χ4n) is 2.26. The van der Waals surface area contributed by atoms with Gasteiger partial charge in [-0.1, -0.05) is 6.07 Å². The highest BCUT2D eigenvalue weighted by atomic mass is 16.5. The number of amidine groups is 1. The normalized spacial score (nSPS) is 10.9. The van der Waals surface area contributed by atoms with E-state index in [0.717, 1.165) is 0 Å². The van der Waals surface area contributed by atoms with Crippen LogP contribution < -0.4 is 20.9 Å². The molecule has 0 saturated carbocycles. The Morgan fingerprint density at radius 1 is 1.30 bits per heavy atom. The first-order valence-corrected chi connectivity index (χ1v) is 8.22. The molecule has 0 fully saturated rings. The molecule has 0 unspecified atom stereocenters. The number of benzene rings is 1. The number of nitrogens with zero attached hydrogens (tertiary/aromatic N) is 4. The van der Waals surface area contributed by atoms with E-state index in [0.29, 0.717) is 36.6 Å². The van der Waals surface area contributed by atoms with Crippen molar-refractivity contribution in [2.24, 2.45) is 16.5 Å². The number of hydrogen-bond donors (Lipinski definition) is 3. The summed E-state index contributed by atoms with van der Waals surface area (Å²) in [4.78, 5) is 12.0. The summed E-state index contributed by atoms with van der Waals surface area (Å²) in [6.07, 6.45) is 3.42. The molecule has 0 spiro atoms. The molecule has 0 aliphatic heterocycles. The molecular formula is C18H21N7O2. The van der Waals surface area contributed by atoms with Gasteiger partial charge in [-0.05, 0) is 25.1 Å². The minimum atomic E-state index is 0.0648. The van der Waals surface area contributed by atoms with Gasteiger partial charge in [-0.3, -0.25) is 0 Å². The molecule has 0 saturated heterocycles. The lowest BCUT2D eigenvalue weighted by atomic mass is 10.0. The Hall–Kier alpha value is -3.51. The lowest BCUT2D eigenvalue weighted by molar-refractivity contribution is 0.310. The van der Waals surface area contributed by atoms with Gasteiger partial charge in [0.2, 0.25) is 0 Å². The summed E-state index contributed by atoms with van der Waals surface area (Å²) in [5.74, 6) is 1.48. The van der Waals surface area contributed by atoms with Crippen molar-refractivity contribution in [3.63, 3.8) is 0 Å². The standard InChI is InChI=1S/C18H21N7O2/c1-26-14-4-2-5-15(27-7-3-6-19)18(14)13(21)8-16(22)25-17-11-23-12(9-20)10-24-17/h2,4-5,10-11,21H,3,6-8,19H2,1H3,(H2,22,24,25). The maximum absolute atomic E-state index is 8.74. The molecule has 0 radical (unpaired) electrons. The van der Waals surface area contributed by atoms with Crippen LogP contribution >= 0.6 is 0 Å². The smallest absolute Gasteiger partial charge is 0.172 e. The Morgan fingerprint density at radius 2 is 2.07 bits per heavy atom. The number of hydrogen-bond acceptors (Lipinski definition) is 8. The highest BCUT2D eigenvalue weighted by molar-refractivity contribution is 6.13. The zero-order valence-corrected chi connectivity index (χ0v) is 15.0. The summed E-state index contributed by atoms with van der Waals surface area (Å²) in [6.45, 7) is 0.955. The number of methoxy groups -OCH3 is 1. The maximum Gasteiger partial charge on any atom is 0.172 e. The van der Waals surface area contributed by atoms with Gasteiger partial charge in [0.1, 0.15) is 23.4 Å². The molecule has 0 bridgehead atoms. The summed E-state index contributed by atoms with van der Waals surface area (Å²) in [7, 11) is 1.53. The molecule has 27 heavy (non-hydrogen) atoms. The number of rotatable bonds is 9. The van der Waals surface area contributed by atoms with Crippen LogP contribution in [0.25, 0.3) is 0 Å². The van der Waals surface area contributed by atoms with Crippen LogP contribution in [-0.2, 0) is 0 Å². The summed E-state index contributed by atoms with van der Waals surface area (Å²) in [5.41, 5.74) is 12.3. The quantitative estimate of drug-likeness (QED) is 0.344. The molecule has 1 aromatic carbocycles. The number of nitrogens with two attached hydrogens (primary N) is 2. The van der Waals surface area contributed by atoms with E-state index in [2.05, 4.69) is 15.0 Å². The highest BCUT2D eigenvalue weighted by Gasteiger charge is 2.16. The predicted octanol–water partition coefficient (Wildman–Crippen LogP) is 1.53. The molecule has 0 aliphatic rings. The average Bonchev–Trinajstić information content (AvgIpc) is 2.68. The zero-order valence-electron chi connectivity index (χ0n) is 15.0. The van der Waals surface area contributed by atoms with E-state index >= 15 is 0 Å². The van der Waals surface area contributed by atoms with E-state index in [-0.39, 0.29) is 29.5 Å². The lowest BCUT2D eigenvalue weighted by Gasteiger charge is -2.15. The Kier molecular flexibility index (Phi) is 7.22. The molecule has 140 valence electrons. The largest absolute Gasteiger partial charge is 0.496 e. The van der Waals surface area contributed by atoms with Gasteiger partial charge in [-0.2, -0.15) is 5.26 Å². The van der Waals surface area contributed by atoms with Crippen molar-refractivity contribution in [3.05, 3.63) is 41.9 Å². The fourth-order valence-corrected chi connectivity index (χ4v) is 2.26. The number of aromatic nitrogens is 2. The van der Waals surface area contributed by atoms with Gasteiger partial charge in [0.25, 0.3) is 0 Å². The van der Waals surface area contributed by atoms with Crippen molar-refractivity contribution >= 4 is 17.4 Å². The van der Waals surface area contributed by atoms with Crippen molar-refractivity contribution < 1.29 is 9.47 Å². The minimum Gasteiger partial charge on any atom is -0.496 e. The Morgan fingerprint density at radius 3 is 2.70 bits per heavy atom. The first kappa shape index (κ1) is 19.8. The molecule has 9 nitrogen and oxygen atoms in total. The molecule has 0 amide bonds. The van der Waals surface area contributed by atoms with E-state index in [1.54, 1.807) is 18.2 Å². The molecule has 0 aliphatic carbocycles. The van der Waals surface area contributed by atoms with Crippen LogP contribution in [0.3, 0.4) is 0 Å². The van der Waals surface area contributed by atoms with Gasteiger partial charge < -0.3 is 26.4 Å². The zero-order chi connectivity index (χ0) is 19.6. The van der Waals surface area contributed by atoms with Crippen LogP contribution in [-0.4, -0.2) is 41.8 Å². The second kappa shape index (κ2) is 9.84. The molecule has 1 aromatic heterocycles. The summed E-state index contributed by atoms with van der Waals surface area (Å²) in [6, 6.07) is 7.18. The molecule has 0 atom stereocenters. The van der Waals surface area contributed by atoms with Gasteiger partial charge in [0.15, 0.2) is 11.5 Å². The van der Waals surface area contributed by atoms with Crippen LogP contribution in [0.15, 0.2) is 35.6 Å². The Balaban J connectivity index is 2.20. The summed E-state index contributed by atoms with van der Waals surface area (Å²) >= 11 is 0. The van der Waals surface area contributed by atoms with Gasteiger partial charge in [-0.15, -0.1) is 0 Å². The Bertz CT molecular complexity index is 857. The van der Waals surface area contributed by atoms with Crippen molar-refractivity contribution in [2.75, 3.05) is 20.3 Å². The monoisotopic (exact) mass is 367 g/mol. The molecule has 2 rings (SSSR count). The van der Waals surface area contributed by atoms with Crippen LogP contribution in [0, 0.1) is 16.7 Å². The fraction of sp³-hybridized carbons (Fsp3) is 0.278. The molecule has 9 heteroatoms. The SMILES string of the molecule is COc1cccc(OCCCN)c1C(=N)CC(N)=Nc1cnc(C#N)cn1.